The van der Waals surface area contributed by atoms with E-state index in [9.17, 15) is 13.2 Å². The van der Waals surface area contributed by atoms with Crippen LogP contribution in [0.3, 0.4) is 0 Å². The summed E-state index contributed by atoms with van der Waals surface area (Å²) in [5.41, 5.74) is 0.848. The number of hydrogen-bond acceptors (Lipinski definition) is 5. The second-order valence-electron chi connectivity index (χ2n) is 6.35. The molecule has 0 unspecified atom stereocenters. The lowest BCUT2D eigenvalue weighted by Gasteiger charge is -2.33. The second kappa shape index (κ2) is 7.93. The van der Waals surface area contributed by atoms with E-state index in [2.05, 4.69) is 13.8 Å². The molecule has 1 atom stereocenters. The van der Waals surface area contributed by atoms with Gasteiger partial charge in [-0.1, -0.05) is 44.2 Å². The Morgan fingerprint density at radius 2 is 1.78 bits per heavy atom. The lowest BCUT2D eigenvalue weighted by Crippen LogP contribution is -2.45. The van der Waals surface area contributed by atoms with Crippen molar-refractivity contribution in [3.63, 3.8) is 0 Å². The zero-order chi connectivity index (χ0) is 16.9. The van der Waals surface area contributed by atoms with Gasteiger partial charge in [0.1, 0.15) is 6.04 Å². The van der Waals surface area contributed by atoms with Crippen LogP contribution in [0.25, 0.3) is 0 Å². The molecule has 0 aromatic heterocycles. The molecule has 128 valence electrons. The quantitative estimate of drug-likeness (QED) is 0.742. The van der Waals surface area contributed by atoms with Crippen molar-refractivity contribution in [2.24, 2.45) is 5.92 Å². The maximum atomic E-state index is 12.6. The van der Waals surface area contributed by atoms with Crippen LogP contribution in [0.5, 0.6) is 0 Å². The van der Waals surface area contributed by atoms with Crippen molar-refractivity contribution >= 4 is 15.8 Å². The van der Waals surface area contributed by atoms with E-state index in [1.807, 2.05) is 35.2 Å². The highest BCUT2D eigenvalue weighted by Crippen LogP contribution is 2.24. The molecule has 0 saturated carbocycles. The Balaban J connectivity index is 2.11. The first-order chi connectivity index (χ1) is 10.9. The van der Waals surface area contributed by atoms with E-state index in [1.165, 1.54) is 0 Å². The molecule has 1 saturated heterocycles. The maximum Gasteiger partial charge on any atom is 0.328 e. The van der Waals surface area contributed by atoms with Gasteiger partial charge in [-0.15, -0.1) is 0 Å². The molecule has 23 heavy (non-hydrogen) atoms. The van der Waals surface area contributed by atoms with Crippen molar-refractivity contribution in [3.05, 3.63) is 35.9 Å². The fraction of sp³-hybridized carbons (Fsp3) is 0.588. The third-order valence-corrected chi connectivity index (χ3v) is 5.63. The van der Waals surface area contributed by atoms with E-state index in [0.29, 0.717) is 25.6 Å². The number of carbonyl (C=O) groups excluding carboxylic acids is 1. The monoisotopic (exact) mass is 339 g/mol. The Bertz CT molecular complexity index is 599. The number of sulfone groups is 1. The molecule has 1 aliphatic rings. The standard InChI is InChI=1S/C17H25NO4S/c1-14(2)8-11-22-17(19)16(15-6-4-3-5-7-15)18-9-12-23(20,21)13-10-18/h3-7,14,16H,8-13H2,1-2H3/t16-/m1/s1. The van der Waals surface area contributed by atoms with Gasteiger partial charge in [0.2, 0.25) is 0 Å². The van der Waals surface area contributed by atoms with Crippen molar-refractivity contribution in [3.8, 4) is 0 Å². The molecule has 1 heterocycles. The minimum absolute atomic E-state index is 0.0929. The van der Waals surface area contributed by atoms with Gasteiger partial charge < -0.3 is 4.74 Å². The van der Waals surface area contributed by atoms with Gasteiger partial charge in [-0.2, -0.15) is 0 Å². The molecule has 1 fully saturated rings. The molecular weight excluding hydrogens is 314 g/mol. The van der Waals surface area contributed by atoms with Gasteiger partial charge in [0.25, 0.3) is 0 Å². The molecule has 1 aromatic rings. The molecule has 0 radical (unpaired) electrons. The maximum absolute atomic E-state index is 12.6. The number of carbonyl (C=O) groups is 1. The molecule has 0 bridgehead atoms. The van der Waals surface area contributed by atoms with Crippen molar-refractivity contribution in [2.75, 3.05) is 31.2 Å². The minimum Gasteiger partial charge on any atom is -0.464 e. The van der Waals surface area contributed by atoms with Crippen molar-refractivity contribution in [1.82, 2.24) is 4.90 Å². The predicted octanol–water partition coefficient (Wildman–Crippen LogP) is 2.05. The summed E-state index contributed by atoms with van der Waals surface area (Å²) in [7, 11) is -2.98. The Labute approximate surface area is 138 Å². The topological polar surface area (TPSA) is 63.7 Å². The molecule has 6 heteroatoms. The number of rotatable bonds is 6. The summed E-state index contributed by atoms with van der Waals surface area (Å²) >= 11 is 0. The van der Waals surface area contributed by atoms with Crippen LogP contribution in [0.15, 0.2) is 30.3 Å². The Morgan fingerprint density at radius 3 is 2.35 bits per heavy atom. The van der Waals surface area contributed by atoms with Gasteiger partial charge in [-0.3, -0.25) is 4.90 Å². The van der Waals surface area contributed by atoms with Gasteiger partial charge in [0.05, 0.1) is 18.1 Å². The van der Waals surface area contributed by atoms with E-state index in [4.69, 9.17) is 4.74 Å². The van der Waals surface area contributed by atoms with Crippen LogP contribution in [-0.2, 0) is 19.4 Å². The largest absolute Gasteiger partial charge is 0.464 e. The van der Waals surface area contributed by atoms with Crippen LogP contribution in [-0.4, -0.2) is 50.5 Å². The third-order valence-electron chi connectivity index (χ3n) is 4.02. The average Bonchev–Trinajstić information content (AvgIpc) is 2.50. The van der Waals surface area contributed by atoms with E-state index >= 15 is 0 Å². The van der Waals surface area contributed by atoms with Gasteiger partial charge in [0.15, 0.2) is 9.84 Å². The van der Waals surface area contributed by atoms with Crippen LogP contribution in [0.1, 0.15) is 31.9 Å². The van der Waals surface area contributed by atoms with E-state index in [0.717, 1.165) is 12.0 Å². The first-order valence-electron chi connectivity index (χ1n) is 8.05. The normalized spacial score (nSPS) is 19.4. The fourth-order valence-electron chi connectivity index (χ4n) is 2.59. The molecule has 2 rings (SSSR count). The second-order valence-corrected chi connectivity index (χ2v) is 8.65. The first kappa shape index (κ1) is 17.9. The molecule has 1 aliphatic heterocycles. The third kappa shape index (κ3) is 5.32. The molecule has 0 amide bonds. The van der Waals surface area contributed by atoms with E-state index < -0.39 is 15.9 Å². The number of hydrogen-bond donors (Lipinski definition) is 0. The lowest BCUT2D eigenvalue weighted by atomic mass is 10.1. The van der Waals surface area contributed by atoms with Crippen molar-refractivity contribution in [1.29, 1.82) is 0 Å². The van der Waals surface area contributed by atoms with Crippen LogP contribution >= 0.6 is 0 Å². The molecule has 5 nitrogen and oxygen atoms in total. The van der Waals surface area contributed by atoms with Crippen LogP contribution in [0.2, 0.25) is 0 Å². The summed E-state index contributed by atoms with van der Waals surface area (Å²) in [4.78, 5) is 14.5. The average molecular weight is 339 g/mol. The summed E-state index contributed by atoms with van der Waals surface area (Å²) in [6, 6.07) is 8.90. The summed E-state index contributed by atoms with van der Waals surface area (Å²) in [6.07, 6.45) is 0.821. The van der Waals surface area contributed by atoms with Gasteiger partial charge in [-0.05, 0) is 17.9 Å². The smallest absolute Gasteiger partial charge is 0.328 e. The first-order valence-corrected chi connectivity index (χ1v) is 9.87. The Morgan fingerprint density at radius 1 is 1.17 bits per heavy atom. The van der Waals surface area contributed by atoms with Gasteiger partial charge in [-0.25, -0.2) is 13.2 Å². The van der Waals surface area contributed by atoms with E-state index in [1.54, 1.807) is 0 Å². The molecular formula is C17H25NO4S. The van der Waals surface area contributed by atoms with E-state index in [-0.39, 0.29) is 17.5 Å². The van der Waals surface area contributed by atoms with Gasteiger partial charge >= 0.3 is 5.97 Å². The number of ether oxygens (including phenoxy) is 1. The van der Waals surface area contributed by atoms with Crippen LogP contribution < -0.4 is 0 Å². The summed E-state index contributed by atoms with van der Waals surface area (Å²) < 4.78 is 28.7. The lowest BCUT2D eigenvalue weighted by molar-refractivity contribution is -0.150. The highest BCUT2D eigenvalue weighted by Gasteiger charge is 2.33. The Kier molecular flexibility index (Phi) is 6.18. The van der Waals surface area contributed by atoms with Crippen molar-refractivity contribution in [2.45, 2.75) is 26.3 Å². The predicted molar refractivity (Wildman–Crippen MR) is 89.8 cm³/mol. The SMILES string of the molecule is CC(C)CCOC(=O)[C@@H](c1ccccc1)N1CCS(=O)(=O)CC1. The fourth-order valence-corrected chi connectivity index (χ4v) is 3.82. The highest BCUT2D eigenvalue weighted by atomic mass is 32.2. The molecule has 0 N–H and O–H groups in total. The Hall–Kier alpha value is -1.40. The zero-order valence-corrected chi connectivity index (χ0v) is 14.6. The number of benzene rings is 1. The zero-order valence-electron chi connectivity index (χ0n) is 13.8. The number of nitrogens with zero attached hydrogens (tertiary/aromatic N) is 1. The van der Waals surface area contributed by atoms with Crippen LogP contribution in [0.4, 0.5) is 0 Å². The number of esters is 1. The summed E-state index contributed by atoms with van der Waals surface area (Å²) in [6.45, 7) is 5.28. The molecule has 1 aromatic carbocycles. The summed E-state index contributed by atoms with van der Waals surface area (Å²) in [5.74, 6) is 0.361. The molecule has 0 aliphatic carbocycles. The molecule has 0 spiro atoms. The highest BCUT2D eigenvalue weighted by molar-refractivity contribution is 7.91. The summed E-state index contributed by atoms with van der Waals surface area (Å²) in [5, 5.41) is 0. The van der Waals surface area contributed by atoms with Gasteiger partial charge in [0, 0.05) is 13.1 Å². The minimum atomic E-state index is -2.98. The van der Waals surface area contributed by atoms with Crippen LogP contribution in [0, 0.1) is 5.92 Å². The van der Waals surface area contributed by atoms with Crippen molar-refractivity contribution < 1.29 is 17.9 Å².